The second-order valence-corrected chi connectivity index (χ2v) is 9.86. The number of carboxylic acids is 1. The molecule has 3 aliphatic carbocycles. The van der Waals surface area contributed by atoms with Gasteiger partial charge in [-0.05, 0) is 47.4 Å². The van der Waals surface area contributed by atoms with Gasteiger partial charge in [0.15, 0.2) is 0 Å². The third-order valence-electron chi connectivity index (χ3n) is 7.57. The molecule has 0 bridgehead atoms. The van der Waals surface area contributed by atoms with Crippen molar-refractivity contribution in [2.75, 3.05) is 13.2 Å². The van der Waals surface area contributed by atoms with Crippen LogP contribution in [0, 0.1) is 11.8 Å². The second kappa shape index (κ2) is 9.12. The zero-order valence-electron chi connectivity index (χ0n) is 19.1. The average Bonchev–Trinajstić information content (AvgIpc) is 3.38. The first-order valence-electron chi connectivity index (χ1n) is 12.1. The number of carbonyl (C=O) groups is 3. The van der Waals surface area contributed by atoms with Gasteiger partial charge in [-0.2, -0.15) is 0 Å². The fourth-order valence-corrected chi connectivity index (χ4v) is 5.64. The van der Waals surface area contributed by atoms with E-state index in [0.29, 0.717) is 13.0 Å². The topological polar surface area (TPSA) is 105 Å². The molecule has 0 heterocycles. The summed E-state index contributed by atoms with van der Waals surface area (Å²) in [6.45, 7) is 0.608. The van der Waals surface area contributed by atoms with Crippen LogP contribution in [0.3, 0.4) is 0 Å². The SMILES string of the molecule is O=C(CC1(NC(=O)OCC2c3ccccc3-c3ccccc32)CCCC1)NC[C@@H]1C[C@@H]1C(=O)O. The van der Waals surface area contributed by atoms with E-state index in [1.54, 1.807) is 0 Å². The van der Waals surface area contributed by atoms with Crippen molar-refractivity contribution < 1.29 is 24.2 Å². The standard InChI is InChI=1S/C27H30N2O5/c30-24(28-15-17-13-22(17)25(31)32)14-27(11-5-6-12-27)29-26(33)34-16-23-20-9-3-1-7-18(20)19-8-2-4-10-21(19)23/h1-4,7-10,17,22-23H,5-6,11-16H2,(H,28,30)(H,29,33)(H,31,32)/t17-,22-/m0/s1. The molecule has 2 atom stereocenters. The molecule has 0 radical (unpaired) electrons. The molecule has 2 fully saturated rings. The molecule has 0 saturated heterocycles. The summed E-state index contributed by atoms with van der Waals surface area (Å²) in [4.78, 5) is 36.4. The quantitative estimate of drug-likeness (QED) is 0.549. The van der Waals surface area contributed by atoms with E-state index in [1.165, 1.54) is 11.1 Å². The number of ether oxygens (including phenoxy) is 1. The molecule has 0 spiro atoms. The molecular formula is C27H30N2O5. The Balaban J connectivity index is 1.18. The average molecular weight is 463 g/mol. The van der Waals surface area contributed by atoms with Crippen LogP contribution in [0.25, 0.3) is 11.1 Å². The van der Waals surface area contributed by atoms with Gasteiger partial charge in [-0.3, -0.25) is 9.59 Å². The lowest BCUT2D eigenvalue weighted by Gasteiger charge is -2.29. The molecule has 34 heavy (non-hydrogen) atoms. The third kappa shape index (κ3) is 4.52. The Kier molecular flexibility index (Phi) is 6.02. The molecule has 0 aliphatic heterocycles. The van der Waals surface area contributed by atoms with Crippen molar-refractivity contribution in [1.29, 1.82) is 0 Å². The van der Waals surface area contributed by atoms with Crippen molar-refractivity contribution in [3.63, 3.8) is 0 Å². The summed E-state index contributed by atoms with van der Waals surface area (Å²) in [7, 11) is 0. The van der Waals surface area contributed by atoms with Gasteiger partial charge in [0.2, 0.25) is 5.91 Å². The van der Waals surface area contributed by atoms with Crippen LogP contribution in [0.2, 0.25) is 0 Å². The summed E-state index contributed by atoms with van der Waals surface area (Å²) in [5.74, 6) is -1.31. The van der Waals surface area contributed by atoms with E-state index in [-0.39, 0.29) is 36.7 Å². The Morgan fingerprint density at radius 2 is 1.59 bits per heavy atom. The number of carboxylic acid groups (broad SMARTS) is 1. The fourth-order valence-electron chi connectivity index (χ4n) is 5.64. The molecule has 3 aliphatic rings. The lowest BCUT2D eigenvalue weighted by molar-refractivity contribution is -0.139. The van der Waals surface area contributed by atoms with Crippen LogP contribution in [-0.4, -0.2) is 41.8 Å². The number of rotatable bonds is 8. The Bertz CT molecular complexity index is 1060. The van der Waals surface area contributed by atoms with E-state index in [9.17, 15) is 14.4 Å². The predicted octanol–water partition coefficient (Wildman–Crippen LogP) is 4.06. The molecule has 3 N–H and O–H groups in total. The van der Waals surface area contributed by atoms with Gasteiger partial charge in [0.05, 0.1) is 11.5 Å². The van der Waals surface area contributed by atoms with Gasteiger partial charge in [-0.25, -0.2) is 4.79 Å². The van der Waals surface area contributed by atoms with Crippen molar-refractivity contribution >= 4 is 18.0 Å². The highest BCUT2D eigenvalue weighted by Crippen LogP contribution is 2.44. The number of aliphatic carboxylic acids is 1. The molecule has 5 rings (SSSR count). The maximum absolute atomic E-state index is 12.8. The van der Waals surface area contributed by atoms with Crippen LogP contribution in [0.1, 0.15) is 55.6 Å². The van der Waals surface area contributed by atoms with Gasteiger partial charge in [0.25, 0.3) is 0 Å². The highest BCUT2D eigenvalue weighted by molar-refractivity contribution is 5.80. The Morgan fingerprint density at radius 1 is 0.971 bits per heavy atom. The van der Waals surface area contributed by atoms with Crippen molar-refractivity contribution in [2.24, 2.45) is 11.8 Å². The van der Waals surface area contributed by atoms with Crippen LogP contribution in [0.15, 0.2) is 48.5 Å². The smallest absolute Gasteiger partial charge is 0.407 e. The summed E-state index contributed by atoms with van der Waals surface area (Å²) in [5, 5.41) is 14.9. The van der Waals surface area contributed by atoms with Crippen LogP contribution in [-0.2, 0) is 14.3 Å². The second-order valence-electron chi connectivity index (χ2n) is 9.86. The molecule has 0 unspecified atom stereocenters. The van der Waals surface area contributed by atoms with Crippen molar-refractivity contribution in [3.05, 3.63) is 59.7 Å². The van der Waals surface area contributed by atoms with E-state index in [4.69, 9.17) is 9.84 Å². The largest absolute Gasteiger partial charge is 0.481 e. The number of alkyl carbamates (subject to hydrolysis) is 1. The first-order valence-corrected chi connectivity index (χ1v) is 12.1. The highest BCUT2D eigenvalue weighted by Gasteiger charge is 2.44. The molecule has 2 aromatic rings. The van der Waals surface area contributed by atoms with Crippen molar-refractivity contribution in [2.45, 2.75) is 50.0 Å². The minimum Gasteiger partial charge on any atom is -0.481 e. The van der Waals surface area contributed by atoms with Gasteiger partial charge in [-0.15, -0.1) is 0 Å². The van der Waals surface area contributed by atoms with Crippen molar-refractivity contribution in [1.82, 2.24) is 10.6 Å². The van der Waals surface area contributed by atoms with Gasteiger partial charge in [0.1, 0.15) is 6.61 Å². The lowest BCUT2D eigenvalue weighted by atomic mass is 9.93. The minimum atomic E-state index is -0.802. The van der Waals surface area contributed by atoms with Gasteiger partial charge < -0.3 is 20.5 Å². The highest BCUT2D eigenvalue weighted by atomic mass is 16.5. The molecular weight excluding hydrogens is 432 g/mol. The minimum absolute atomic E-state index is 0.0102. The first kappa shape index (κ1) is 22.4. The maximum atomic E-state index is 12.8. The number of fused-ring (bicyclic) bond motifs is 3. The zero-order valence-corrected chi connectivity index (χ0v) is 19.1. The number of amides is 2. The van der Waals surface area contributed by atoms with Gasteiger partial charge >= 0.3 is 12.1 Å². The van der Waals surface area contributed by atoms with Crippen LogP contribution >= 0.6 is 0 Å². The summed E-state index contributed by atoms with van der Waals surface area (Å²) >= 11 is 0. The fraction of sp³-hybridized carbons (Fsp3) is 0.444. The summed E-state index contributed by atoms with van der Waals surface area (Å²) in [6, 6.07) is 16.4. The predicted molar refractivity (Wildman–Crippen MR) is 126 cm³/mol. The number of benzene rings is 2. The molecule has 2 saturated carbocycles. The molecule has 7 heteroatoms. The summed E-state index contributed by atoms with van der Waals surface area (Å²) in [6.07, 6.45) is 3.64. The Hall–Kier alpha value is -3.35. The molecule has 2 aromatic carbocycles. The Morgan fingerprint density at radius 3 is 2.18 bits per heavy atom. The van der Waals surface area contributed by atoms with E-state index in [0.717, 1.165) is 36.8 Å². The third-order valence-corrected chi connectivity index (χ3v) is 7.57. The van der Waals surface area contributed by atoms with Gasteiger partial charge in [-0.1, -0.05) is 61.4 Å². The molecule has 178 valence electrons. The lowest BCUT2D eigenvalue weighted by Crippen LogP contribution is -2.50. The van der Waals surface area contributed by atoms with E-state index in [2.05, 4.69) is 34.9 Å². The normalized spacial score (nSPS) is 21.9. The number of nitrogens with one attached hydrogen (secondary N) is 2. The van der Waals surface area contributed by atoms with Crippen LogP contribution in [0.5, 0.6) is 0 Å². The van der Waals surface area contributed by atoms with E-state index < -0.39 is 17.6 Å². The summed E-state index contributed by atoms with van der Waals surface area (Å²) < 4.78 is 5.71. The van der Waals surface area contributed by atoms with Crippen LogP contribution in [0.4, 0.5) is 4.79 Å². The monoisotopic (exact) mass is 462 g/mol. The Labute approximate surface area is 198 Å². The van der Waals surface area contributed by atoms with E-state index in [1.807, 2.05) is 24.3 Å². The molecule has 2 amide bonds. The number of carbonyl (C=O) groups excluding carboxylic acids is 2. The van der Waals surface area contributed by atoms with Crippen LogP contribution < -0.4 is 10.6 Å². The number of hydrogen-bond donors (Lipinski definition) is 3. The van der Waals surface area contributed by atoms with Gasteiger partial charge in [0, 0.05) is 18.9 Å². The first-order chi connectivity index (χ1) is 16.5. The maximum Gasteiger partial charge on any atom is 0.407 e. The molecule has 0 aromatic heterocycles. The number of hydrogen-bond acceptors (Lipinski definition) is 4. The zero-order chi connectivity index (χ0) is 23.7. The van der Waals surface area contributed by atoms with Crippen molar-refractivity contribution in [3.8, 4) is 11.1 Å². The summed E-state index contributed by atoms with van der Waals surface area (Å²) in [5.41, 5.74) is 4.06. The van der Waals surface area contributed by atoms with E-state index >= 15 is 0 Å². The molecule has 7 nitrogen and oxygen atoms in total.